The van der Waals surface area contributed by atoms with Crippen LogP contribution in [0.1, 0.15) is 90.7 Å². The molecule has 0 saturated heterocycles. The van der Waals surface area contributed by atoms with Crippen LogP contribution in [-0.2, 0) is 39.3 Å². The van der Waals surface area contributed by atoms with E-state index in [1.54, 1.807) is 46.3 Å². The van der Waals surface area contributed by atoms with Crippen molar-refractivity contribution in [1.29, 1.82) is 0 Å². The second kappa shape index (κ2) is 22.5. The van der Waals surface area contributed by atoms with Gasteiger partial charge in [-0.05, 0) is 90.1 Å². The van der Waals surface area contributed by atoms with Crippen molar-refractivity contribution >= 4 is 49.1 Å². The maximum absolute atomic E-state index is 11.6. The summed E-state index contributed by atoms with van der Waals surface area (Å²) in [7, 11) is -5.63. The van der Waals surface area contributed by atoms with Crippen molar-refractivity contribution in [1.82, 2.24) is 0 Å². The maximum atomic E-state index is 11.6. The molecule has 2 heterocycles. The zero-order valence-corrected chi connectivity index (χ0v) is 40.1. The van der Waals surface area contributed by atoms with Crippen LogP contribution in [0.25, 0.3) is 5.57 Å². The van der Waals surface area contributed by atoms with E-state index in [1.807, 2.05) is 52.0 Å². The minimum atomic E-state index is -4.41. The van der Waals surface area contributed by atoms with E-state index >= 15 is 0 Å². The molecule has 14 nitrogen and oxygen atoms in total. The number of nitrogens with zero attached hydrogens (tertiary/aromatic N) is 2. The van der Waals surface area contributed by atoms with Crippen molar-refractivity contribution in [2.24, 2.45) is 0 Å². The van der Waals surface area contributed by atoms with E-state index < -0.39 is 37.3 Å². The van der Waals surface area contributed by atoms with Crippen molar-refractivity contribution in [3.8, 4) is 11.5 Å². The van der Waals surface area contributed by atoms with E-state index in [-0.39, 0.29) is 82.5 Å². The van der Waals surface area contributed by atoms with Gasteiger partial charge in [0.2, 0.25) is 0 Å². The van der Waals surface area contributed by atoms with E-state index in [1.165, 1.54) is 0 Å². The predicted molar refractivity (Wildman–Crippen MR) is 205 cm³/mol. The Morgan fingerprint density at radius 3 is 1.75 bits per heavy atom. The van der Waals surface area contributed by atoms with Crippen LogP contribution >= 0.6 is 0 Å². The number of esters is 2. The van der Waals surface area contributed by atoms with E-state index in [4.69, 9.17) is 18.9 Å². The molecule has 18 heteroatoms. The molecular formula is C38H54N2Na2O12S2. The molecular weight excluding hydrogens is 787 g/mol. The second-order valence-corrected chi connectivity index (χ2v) is 17.2. The number of ether oxygens (including phenoxy) is 4. The van der Waals surface area contributed by atoms with Crippen molar-refractivity contribution in [2.45, 2.75) is 90.6 Å². The molecule has 0 amide bonds. The summed E-state index contributed by atoms with van der Waals surface area (Å²) >= 11 is 0. The number of hydrogen-bond acceptors (Lipinski definition) is 14. The van der Waals surface area contributed by atoms with E-state index in [0.29, 0.717) is 81.0 Å². The molecule has 1 unspecified atom stereocenters. The van der Waals surface area contributed by atoms with Crippen molar-refractivity contribution in [2.75, 3.05) is 61.8 Å². The first kappa shape index (κ1) is 52.2. The summed E-state index contributed by atoms with van der Waals surface area (Å²) in [6.45, 7) is 13.4. The van der Waals surface area contributed by atoms with Crippen LogP contribution in [0.2, 0.25) is 0 Å². The number of fused-ring (bicyclic) bond motifs is 2. The SMILES string of the molecule is CCOC(=O)CCCN1c2cc(OC)ccc2C(CS(=O)(=O)[O-])=CC1(C)C.CCOC(=O)CCCN1c2cc(OC)ccc2C(CS(=O)(=O)[O-])CC1(C)C.[Na+].[Na+]. The van der Waals surface area contributed by atoms with Gasteiger partial charge in [-0.25, -0.2) is 16.8 Å². The Kier molecular flexibility index (Phi) is 21.0. The summed E-state index contributed by atoms with van der Waals surface area (Å²) in [6, 6.07) is 10.8. The zero-order chi connectivity index (χ0) is 40.5. The first-order valence-electron chi connectivity index (χ1n) is 18.0. The van der Waals surface area contributed by atoms with Gasteiger partial charge in [0.15, 0.2) is 0 Å². The van der Waals surface area contributed by atoms with E-state index in [2.05, 4.69) is 9.80 Å². The van der Waals surface area contributed by atoms with Crippen LogP contribution in [0.15, 0.2) is 42.5 Å². The molecule has 0 saturated carbocycles. The number of rotatable bonds is 16. The Morgan fingerprint density at radius 1 is 0.768 bits per heavy atom. The Hall–Kier alpha value is -1.86. The third-order valence-corrected chi connectivity index (χ3v) is 10.9. The largest absolute Gasteiger partial charge is 1.00 e. The Labute approximate surface area is 377 Å². The van der Waals surface area contributed by atoms with Gasteiger partial charge in [0, 0.05) is 72.2 Å². The fourth-order valence-electron chi connectivity index (χ4n) is 7.17. The standard InChI is InChI=1S/C19H29NO6S.C19H27NO6S.2Na/c2*1-5-26-18(21)7-6-10-20-17-11-15(25-4)8-9-16(17)14(12-19(20,2)3)13-27(22,23)24;;/h8-9,11,14H,5-7,10,12-13H2,1-4H3,(H,22,23,24);8-9,11-12H,5-7,10,13H2,1-4H3,(H,22,23,24);;/q;;2*+1/p-2. The second-order valence-electron chi connectivity index (χ2n) is 14.4. The molecule has 0 aromatic heterocycles. The molecule has 0 bridgehead atoms. The average molecular weight is 841 g/mol. The van der Waals surface area contributed by atoms with Crippen LogP contribution in [0.3, 0.4) is 0 Å². The number of methoxy groups -OCH3 is 2. The quantitative estimate of drug-likeness (QED) is 0.116. The molecule has 56 heavy (non-hydrogen) atoms. The molecule has 2 aliphatic rings. The minimum absolute atomic E-state index is 0. The third-order valence-electron chi connectivity index (χ3n) is 9.38. The molecule has 302 valence electrons. The molecule has 2 aromatic rings. The molecule has 2 aliphatic heterocycles. The summed E-state index contributed by atoms with van der Waals surface area (Å²) < 4.78 is 88.8. The molecule has 0 aliphatic carbocycles. The van der Waals surface area contributed by atoms with Gasteiger partial charge in [-0.2, -0.15) is 0 Å². The molecule has 0 N–H and O–H groups in total. The van der Waals surface area contributed by atoms with Crippen LogP contribution in [0.4, 0.5) is 11.4 Å². The summed E-state index contributed by atoms with van der Waals surface area (Å²) in [5.41, 5.74) is 2.72. The number of carbonyl (C=O) groups is 2. The maximum Gasteiger partial charge on any atom is 1.00 e. The molecule has 0 spiro atoms. The predicted octanol–water partition coefficient (Wildman–Crippen LogP) is -0.770. The van der Waals surface area contributed by atoms with Gasteiger partial charge in [0.05, 0.1) is 59.0 Å². The first-order chi connectivity index (χ1) is 25.1. The fraction of sp³-hybridized carbons (Fsp3) is 0.579. The van der Waals surface area contributed by atoms with Gasteiger partial charge < -0.3 is 37.9 Å². The van der Waals surface area contributed by atoms with Gasteiger partial charge in [-0.1, -0.05) is 12.1 Å². The molecule has 0 fully saturated rings. The van der Waals surface area contributed by atoms with Gasteiger partial charge in [-0.15, -0.1) is 0 Å². The van der Waals surface area contributed by atoms with Crippen molar-refractivity contribution in [3.63, 3.8) is 0 Å². The molecule has 0 radical (unpaired) electrons. The van der Waals surface area contributed by atoms with E-state index in [9.17, 15) is 35.5 Å². The monoisotopic (exact) mass is 840 g/mol. The van der Waals surface area contributed by atoms with Crippen LogP contribution < -0.4 is 78.4 Å². The number of hydrogen-bond donors (Lipinski definition) is 0. The normalized spacial score (nSPS) is 16.6. The minimum Gasteiger partial charge on any atom is -0.748 e. The number of benzene rings is 2. The number of anilines is 2. The van der Waals surface area contributed by atoms with E-state index in [0.717, 1.165) is 16.9 Å². The Balaban J connectivity index is 0.000000541. The Bertz CT molecular complexity index is 1890. The molecule has 1 atom stereocenters. The first-order valence-corrected chi connectivity index (χ1v) is 21.1. The van der Waals surface area contributed by atoms with Crippen molar-refractivity contribution in [3.05, 3.63) is 53.6 Å². The van der Waals surface area contributed by atoms with Gasteiger partial charge >= 0.3 is 71.1 Å². The van der Waals surface area contributed by atoms with Crippen LogP contribution in [0.5, 0.6) is 11.5 Å². The summed E-state index contributed by atoms with van der Waals surface area (Å²) in [6.07, 6.45) is 4.16. The topological polar surface area (TPSA) is 192 Å². The Morgan fingerprint density at radius 2 is 1.27 bits per heavy atom. The number of carbonyl (C=O) groups excluding carboxylic acids is 2. The van der Waals surface area contributed by atoms with Crippen LogP contribution in [-0.4, -0.2) is 101 Å². The average Bonchev–Trinajstić information content (AvgIpc) is 3.05. The van der Waals surface area contributed by atoms with Crippen molar-refractivity contribution < 1.29 is 114 Å². The van der Waals surface area contributed by atoms with Gasteiger partial charge in [-0.3, -0.25) is 9.59 Å². The van der Waals surface area contributed by atoms with Gasteiger partial charge in [0.25, 0.3) is 0 Å². The third kappa shape index (κ3) is 15.4. The summed E-state index contributed by atoms with van der Waals surface area (Å²) in [5, 5.41) is 0. The summed E-state index contributed by atoms with van der Waals surface area (Å²) in [5.74, 6) is -0.541. The zero-order valence-electron chi connectivity index (χ0n) is 34.5. The van der Waals surface area contributed by atoms with Gasteiger partial charge in [0.1, 0.15) is 11.5 Å². The summed E-state index contributed by atoms with van der Waals surface area (Å²) in [4.78, 5) is 27.5. The smallest absolute Gasteiger partial charge is 0.748 e. The fourth-order valence-corrected chi connectivity index (χ4v) is 8.58. The van der Waals surface area contributed by atoms with Crippen LogP contribution in [0, 0.1) is 0 Å². The molecule has 4 rings (SSSR count). The molecule has 2 aromatic carbocycles.